The Morgan fingerprint density at radius 1 is 1.15 bits per heavy atom. The number of halogens is 4. The first-order valence-corrected chi connectivity index (χ1v) is 11.9. The van der Waals surface area contributed by atoms with Crippen LogP contribution in [0.5, 0.6) is 0 Å². The van der Waals surface area contributed by atoms with Gasteiger partial charge in [-0.25, -0.2) is 4.79 Å². The summed E-state index contributed by atoms with van der Waals surface area (Å²) in [4.78, 5) is 26.3. The normalized spacial score (nSPS) is 15.8. The molecule has 11 heteroatoms. The zero-order chi connectivity index (χ0) is 24.7. The largest absolute Gasteiger partial charge is 0.466 e. The van der Waals surface area contributed by atoms with E-state index in [1.165, 1.54) is 13.2 Å². The van der Waals surface area contributed by atoms with Gasteiger partial charge in [-0.15, -0.1) is 11.3 Å². The minimum atomic E-state index is -0.966. The molecule has 1 aliphatic heterocycles. The van der Waals surface area contributed by atoms with Crippen molar-refractivity contribution >= 4 is 81.2 Å². The van der Waals surface area contributed by atoms with Crippen LogP contribution >= 0.6 is 57.7 Å². The van der Waals surface area contributed by atoms with Gasteiger partial charge in [-0.1, -0.05) is 58.5 Å². The molecule has 0 aliphatic carbocycles. The highest BCUT2D eigenvalue weighted by Crippen LogP contribution is 2.40. The molecule has 0 saturated heterocycles. The number of esters is 1. The number of fused-ring (bicyclic) bond motifs is 1. The molecule has 1 atom stereocenters. The van der Waals surface area contributed by atoms with E-state index in [0.29, 0.717) is 26.2 Å². The van der Waals surface area contributed by atoms with Crippen molar-refractivity contribution < 1.29 is 9.53 Å². The first-order chi connectivity index (χ1) is 16.2. The highest BCUT2D eigenvalue weighted by Gasteiger charge is 2.37. The fraction of sp³-hybridized carbons (Fsp3) is 0.0870. The highest BCUT2D eigenvalue weighted by atomic mass is 35.5. The molecule has 34 heavy (non-hydrogen) atoms. The maximum atomic E-state index is 13.3. The van der Waals surface area contributed by atoms with E-state index in [0.717, 1.165) is 15.9 Å². The number of thiazole rings is 1. The quantitative estimate of drug-likeness (QED) is 0.493. The topological polar surface area (TPSA) is 98.1 Å². The number of carbonyl (C=O) groups is 1. The van der Waals surface area contributed by atoms with Crippen molar-refractivity contribution in [3.8, 4) is 6.07 Å². The van der Waals surface area contributed by atoms with Crippen molar-refractivity contribution in [2.24, 2.45) is 5.73 Å². The lowest BCUT2D eigenvalue weighted by atomic mass is 9.84. The van der Waals surface area contributed by atoms with Crippen molar-refractivity contribution in [1.29, 1.82) is 5.26 Å². The van der Waals surface area contributed by atoms with Crippen LogP contribution in [0.25, 0.3) is 17.5 Å². The summed E-state index contributed by atoms with van der Waals surface area (Å²) in [7, 11) is 1.21. The Hall–Kier alpha value is -2.73. The van der Waals surface area contributed by atoms with Gasteiger partial charge in [0.2, 0.25) is 0 Å². The number of nitrogens with two attached hydrogens (primary N) is 1. The van der Waals surface area contributed by atoms with E-state index in [-0.39, 0.29) is 31.2 Å². The average Bonchev–Trinajstić information content (AvgIpc) is 3.11. The minimum Gasteiger partial charge on any atom is -0.466 e. The number of benzene rings is 2. The Labute approximate surface area is 217 Å². The molecule has 6 nitrogen and oxygen atoms in total. The van der Waals surface area contributed by atoms with Gasteiger partial charge in [0.15, 0.2) is 0 Å². The number of methoxy groups -OCH3 is 1. The average molecular weight is 553 g/mol. The van der Waals surface area contributed by atoms with Crippen LogP contribution in [0, 0.1) is 11.3 Å². The number of hydrogen-bond acceptors (Lipinski definition) is 6. The van der Waals surface area contributed by atoms with E-state index in [2.05, 4.69) is 0 Å². The summed E-state index contributed by atoms with van der Waals surface area (Å²) in [6, 6.07) is 11.6. The molecule has 0 amide bonds. The minimum absolute atomic E-state index is 0.0203. The number of carbonyl (C=O) groups excluding carboxylic acids is 1. The molecule has 2 aromatic carbocycles. The number of nitrogens with zero attached hydrogens (tertiary/aromatic N) is 2. The molecule has 0 unspecified atom stereocenters. The van der Waals surface area contributed by atoms with E-state index in [4.69, 9.17) is 56.9 Å². The summed E-state index contributed by atoms with van der Waals surface area (Å²) >= 11 is 25.7. The van der Waals surface area contributed by atoms with Gasteiger partial charge in [0.1, 0.15) is 10.5 Å². The van der Waals surface area contributed by atoms with Crippen LogP contribution in [-0.4, -0.2) is 17.6 Å². The Kier molecular flexibility index (Phi) is 6.81. The molecular weight excluding hydrogens is 540 g/mol. The van der Waals surface area contributed by atoms with Crippen LogP contribution in [0.2, 0.25) is 20.1 Å². The summed E-state index contributed by atoms with van der Waals surface area (Å²) in [5.41, 5.74) is 6.79. The third kappa shape index (κ3) is 4.13. The predicted octanol–water partition coefficient (Wildman–Crippen LogP) is 4.12. The van der Waals surface area contributed by atoms with Crippen molar-refractivity contribution in [1.82, 2.24) is 4.57 Å². The van der Waals surface area contributed by atoms with Crippen LogP contribution in [0.15, 0.2) is 46.8 Å². The van der Waals surface area contributed by atoms with E-state index >= 15 is 0 Å². The molecular formula is C23H13Cl4N3O3S. The van der Waals surface area contributed by atoms with Crippen molar-refractivity contribution in [3.63, 3.8) is 0 Å². The molecule has 2 heterocycles. The lowest BCUT2D eigenvalue weighted by molar-refractivity contribution is -0.134. The van der Waals surface area contributed by atoms with Gasteiger partial charge in [0.05, 0.1) is 34.8 Å². The highest BCUT2D eigenvalue weighted by molar-refractivity contribution is 7.07. The van der Waals surface area contributed by atoms with Crippen LogP contribution in [0.1, 0.15) is 17.0 Å². The van der Waals surface area contributed by atoms with Gasteiger partial charge < -0.3 is 10.5 Å². The zero-order valence-electron chi connectivity index (χ0n) is 17.2. The molecule has 172 valence electrons. The first-order valence-electron chi connectivity index (χ1n) is 9.54. The molecule has 1 aliphatic rings. The monoisotopic (exact) mass is 551 g/mol. The Balaban J connectivity index is 2.12. The summed E-state index contributed by atoms with van der Waals surface area (Å²) in [5.74, 6) is -1.81. The molecule has 3 aromatic rings. The third-order valence-electron chi connectivity index (χ3n) is 5.20. The second-order valence-corrected chi connectivity index (χ2v) is 9.85. The van der Waals surface area contributed by atoms with Gasteiger partial charge in [0, 0.05) is 20.1 Å². The number of allylic oxidation sites excluding steroid dienone is 1. The maximum absolute atomic E-state index is 13.3. The van der Waals surface area contributed by atoms with E-state index in [9.17, 15) is 14.9 Å². The summed E-state index contributed by atoms with van der Waals surface area (Å²) < 4.78 is 6.61. The Morgan fingerprint density at radius 3 is 2.38 bits per heavy atom. The van der Waals surface area contributed by atoms with Gasteiger partial charge in [-0.3, -0.25) is 9.36 Å². The lowest BCUT2D eigenvalue weighted by Gasteiger charge is -2.25. The fourth-order valence-corrected chi connectivity index (χ4v) is 5.80. The smallest absolute Gasteiger partial charge is 0.337 e. The molecule has 0 spiro atoms. The lowest BCUT2D eigenvalue weighted by Crippen LogP contribution is -2.40. The summed E-state index contributed by atoms with van der Waals surface area (Å²) in [5, 5.41) is 11.4. The Bertz CT molecular complexity index is 1620. The van der Waals surface area contributed by atoms with Crippen LogP contribution < -0.4 is 20.5 Å². The second kappa shape index (κ2) is 9.49. The van der Waals surface area contributed by atoms with E-state index in [1.54, 1.807) is 36.4 Å². The Morgan fingerprint density at radius 2 is 1.79 bits per heavy atom. The molecule has 1 aromatic heterocycles. The molecule has 0 bridgehead atoms. The maximum Gasteiger partial charge on any atom is 0.337 e. The third-order valence-corrected chi connectivity index (χ3v) is 7.43. The van der Waals surface area contributed by atoms with Crippen LogP contribution in [0.4, 0.5) is 0 Å². The number of ether oxygens (including phenoxy) is 1. The number of aromatic nitrogens is 1. The standard InChI is InChI=1S/C23H13Cl4N3O3S/c1-33-23(32)19-18(13-5-4-12(25)8-16(13)27)14(9-28)20(29)30-21(31)17(34-22(19)30)6-10-2-3-11(24)7-15(10)26/h2-8,18H,29H2,1H3/b17-6+/t18-/m1/s1. The molecule has 4 rings (SSSR count). The van der Waals surface area contributed by atoms with E-state index in [1.807, 2.05) is 6.07 Å². The summed E-state index contributed by atoms with van der Waals surface area (Å²) in [6.45, 7) is 0. The number of nitriles is 1. The molecule has 0 fully saturated rings. The van der Waals surface area contributed by atoms with Crippen molar-refractivity contribution in [3.05, 3.63) is 92.7 Å². The predicted molar refractivity (Wildman–Crippen MR) is 136 cm³/mol. The fourth-order valence-electron chi connectivity index (χ4n) is 3.66. The second-order valence-electron chi connectivity index (χ2n) is 7.14. The number of hydrogen-bond donors (Lipinski definition) is 1. The van der Waals surface area contributed by atoms with Crippen molar-refractivity contribution in [2.75, 3.05) is 7.11 Å². The number of rotatable bonds is 3. The van der Waals surface area contributed by atoms with Crippen LogP contribution in [-0.2, 0) is 9.53 Å². The van der Waals surface area contributed by atoms with Crippen molar-refractivity contribution in [2.45, 2.75) is 5.92 Å². The van der Waals surface area contributed by atoms with Gasteiger partial charge >= 0.3 is 5.97 Å². The van der Waals surface area contributed by atoms with Gasteiger partial charge in [0.25, 0.3) is 5.56 Å². The van der Waals surface area contributed by atoms with Crippen LogP contribution in [0.3, 0.4) is 0 Å². The van der Waals surface area contributed by atoms with Gasteiger partial charge in [-0.05, 0) is 41.5 Å². The molecule has 2 N–H and O–H groups in total. The van der Waals surface area contributed by atoms with E-state index < -0.39 is 17.4 Å². The zero-order valence-corrected chi connectivity index (χ0v) is 21.1. The molecule has 0 radical (unpaired) electrons. The van der Waals surface area contributed by atoms with Gasteiger partial charge in [-0.2, -0.15) is 5.26 Å². The summed E-state index contributed by atoms with van der Waals surface area (Å²) in [6.07, 6.45) is 1.56. The molecule has 0 saturated carbocycles. The SMILES string of the molecule is COC(=O)C1=c2s/c(=C/c3ccc(Cl)cc3Cl)c(=O)n2C(N)=C(C#N)[C@H]1c1ccc(Cl)cc1Cl. The first kappa shape index (κ1) is 24.4.